The number of carbonyl (C=O) groups excluding carboxylic acids is 1. The van der Waals surface area contributed by atoms with E-state index in [0.717, 1.165) is 18.8 Å². The number of amides is 1. The lowest BCUT2D eigenvalue weighted by Crippen LogP contribution is -2.48. The number of hydrogen-bond acceptors (Lipinski definition) is 4. The van der Waals surface area contributed by atoms with Crippen molar-refractivity contribution >= 4 is 11.7 Å². The number of hydrogen-bond donors (Lipinski definition) is 1. The van der Waals surface area contributed by atoms with Crippen LogP contribution in [0.2, 0.25) is 0 Å². The van der Waals surface area contributed by atoms with Crippen molar-refractivity contribution in [1.82, 2.24) is 14.9 Å². The summed E-state index contributed by atoms with van der Waals surface area (Å²) < 4.78 is 37.4. The average Bonchev–Trinajstić information content (AvgIpc) is 2.25. The molecule has 1 aromatic heterocycles. The van der Waals surface area contributed by atoms with Gasteiger partial charge in [0, 0.05) is 19.2 Å². The molecule has 0 saturated carbocycles. The van der Waals surface area contributed by atoms with E-state index < -0.39 is 17.9 Å². The first-order valence-electron chi connectivity index (χ1n) is 5.82. The fraction of sp³-hybridized carbons (Fsp3) is 0.545. The van der Waals surface area contributed by atoms with Crippen LogP contribution in [0.5, 0.6) is 0 Å². The molecule has 5 nitrogen and oxygen atoms in total. The molecular formula is C11H13F3N4O. The van der Waals surface area contributed by atoms with Gasteiger partial charge in [0.15, 0.2) is 0 Å². The van der Waals surface area contributed by atoms with Gasteiger partial charge in [0.25, 0.3) is 0 Å². The van der Waals surface area contributed by atoms with Gasteiger partial charge in [-0.3, -0.25) is 4.79 Å². The minimum atomic E-state index is -4.52. The van der Waals surface area contributed by atoms with Crippen LogP contribution < -0.4 is 5.32 Å². The monoisotopic (exact) mass is 274 g/mol. The quantitative estimate of drug-likeness (QED) is 0.908. The Bertz CT molecular complexity index is 473. The van der Waals surface area contributed by atoms with Crippen molar-refractivity contribution in [3.05, 3.63) is 18.1 Å². The highest BCUT2D eigenvalue weighted by Gasteiger charge is 2.33. The Balaban J connectivity index is 2.04. The second-order valence-electron chi connectivity index (χ2n) is 4.33. The molecule has 1 saturated heterocycles. The van der Waals surface area contributed by atoms with Crippen molar-refractivity contribution in [2.45, 2.75) is 25.6 Å². The van der Waals surface area contributed by atoms with Crippen LogP contribution in [0.25, 0.3) is 0 Å². The van der Waals surface area contributed by atoms with E-state index >= 15 is 0 Å². The van der Waals surface area contributed by atoms with E-state index in [9.17, 15) is 18.0 Å². The van der Waals surface area contributed by atoms with Gasteiger partial charge in [0.1, 0.15) is 23.9 Å². The lowest BCUT2D eigenvalue weighted by atomic mass is 10.2. The third kappa shape index (κ3) is 3.12. The van der Waals surface area contributed by atoms with Crippen molar-refractivity contribution in [1.29, 1.82) is 0 Å². The minimum Gasteiger partial charge on any atom is -0.359 e. The maximum Gasteiger partial charge on any atom is 0.433 e. The van der Waals surface area contributed by atoms with E-state index in [1.54, 1.807) is 11.8 Å². The summed E-state index contributed by atoms with van der Waals surface area (Å²) in [6.07, 6.45) is -2.74. The molecule has 2 rings (SSSR count). The smallest absolute Gasteiger partial charge is 0.359 e. The predicted molar refractivity (Wildman–Crippen MR) is 61.3 cm³/mol. The Labute approximate surface area is 107 Å². The van der Waals surface area contributed by atoms with Gasteiger partial charge in [-0.15, -0.1) is 0 Å². The van der Waals surface area contributed by atoms with Crippen molar-refractivity contribution in [2.75, 3.05) is 18.4 Å². The average molecular weight is 274 g/mol. The standard InChI is InChI=1S/C11H13F3N4O/c1-7(10(19)18-3-2-4-18)17-9-5-8(11(12,13)14)15-6-16-9/h5-7H,2-4H2,1H3,(H,15,16,17)/t7-/m1/s1. The summed E-state index contributed by atoms with van der Waals surface area (Å²) in [4.78, 5) is 20.3. The first kappa shape index (κ1) is 13.6. The summed E-state index contributed by atoms with van der Waals surface area (Å²) in [5, 5.41) is 2.66. The molecule has 0 spiro atoms. The molecule has 2 heterocycles. The van der Waals surface area contributed by atoms with Gasteiger partial charge >= 0.3 is 6.18 Å². The zero-order valence-corrected chi connectivity index (χ0v) is 10.2. The number of rotatable bonds is 3. The van der Waals surface area contributed by atoms with Crippen molar-refractivity contribution in [2.24, 2.45) is 0 Å². The maximum absolute atomic E-state index is 12.5. The first-order chi connectivity index (χ1) is 8.88. The molecular weight excluding hydrogens is 261 g/mol. The summed E-state index contributed by atoms with van der Waals surface area (Å²) >= 11 is 0. The van der Waals surface area contributed by atoms with Gasteiger partial charge in [-0.25, -0.2) is 9.97 Å². The Morgan fingerprint density at radius 2 is 2.11 bits per heavy atom. The normalized spacial score (nSPS) is 16.7. The summed E-state index contributed by atoms with van der Waals surface area (Å²) in [6.45, 7) is 2.99. The van der Waals surface area contributed by atoms with Crippen LogP contribution in [-0.4, -0.2) is 39.9 Å². The van der Waals surface area contributed by atoms with Crippen molar-refractivity contribution in [3.8, 4) is 0 Å². The van der Waals surface area contributed by atoms with Crippen molar-refractivity contribution in [3.63, 3.8) is 0 Å². The molecule has 1 aliphatic rings. The van der Waals surface area contributed by atoms with Crippen LogP contribution in [0.1, 0.15) is 19.0 Å². The largest absolute Gasteiger partial charge is 0.433 e. The number of alkyl halides is 3. The number of carbonyl (C=O) groups is 1. The highest BCUT2D eigenvalue weighted by atomic mass is 19.4. The number of likely N-dealkylation sites (tertiary alicyclic amines) is 1. The molecule has 1 aliphatic heterocycles. The molecule has 1 N–H and O–H groups in total. The van der Waals surface area contributed by atoms with E-state index in [2.05, 4.69) is 15.3 Å². The van der Waals surface area contributed by atoms with Crippen LogP contribution in [0.4, 0.5) is 19.0 Å². The number of aromatic nitrogens is 2. The molecule has 1 fully saturated rings. The maximum atomic E-state index is 12.5. The Kier molecular flexibility index (Phi) is 3.59. The second kappa shape index (κ2) is 5.02. The molecule has 19 heavy (non-hydrogen) atoms. The van der Waals surface area contributed by atoms with Gasteiger partial charge in [-0.2, -0.15) is 13.2 Å². The summed E-state index contributed by atoms with van der Waals surface area (Å²) in [5.41, 5.74) is -1.03. The molecule has 0 aliphatic carbocycles. The molecule has 8 heteroatoms. The molecule has 0 radical (unpaired) electrons. The molecule has 1 aromatic rings. The SMILES string of the molecule is C[C@@H](Nc1cc(C(F)(F)F)ncn1)C(=O)N1CCC1. The Morgan fingerprint density at radius 1 is 1.42 bits per heavy atom. The highest BCUT2D eigenvalue weighted by molar-refractivity contribution is 5.84. The summed E-state index contributed by atoms with van der Waals surface area (Å²) in [7, 11) is 0. The Hall–Kier alpha value is -1.86. The van der Waals surface area contributed by atoms with Crippen LogP contribution in [0.3, 0.4) is 0 Å². The summed E-state index contributed by atoms with van der Waals surface area (Å²) in [5.74, 6) is -0.151. The number of anilines is 1. The van der Waals surface area contributed by atoms with E-state index in [0.29, 0.717) is 13.1 Å². The molecule has 1 atom stereocenters. The fourth-order valence-corrected chi connectivity index (χ4v) is 1.69. The van der Waals surface area contributed by atoms with Gasteiger partial charge in [0.05, 0.1) is 0 Å². The van der Waals surface area contributed by atoms with Crippen LogP contribution >= 0.6 is 0 Å². The first-order valence-corrected chi connectivity index (χ1v) is 5.82. The molecule has 104 valence electrons. The highest BCUT2D eigenvalue weighted by Crippen LogP contribution is 2.28. The van der Waals surface area contributed by atoms with E-state index in [-0.39, 0.29) is 11.7 Å². The van der Waals surface area contributed by atoms with Gasteiger partial charge in [-0.1, -0.05) is 0 Å². The molecule has 0 unspecified atom stereocenters. The zero-order chi connectivity index (χ0) is 14.0. The van der Waals surface area contributed by atoms with Gasteiger partial charge < -0.3 is 10.2 Å². The third-order valence-corrected chi connectivity index (χ3v) is 2.86. The van der Waals surface area contributed by atoms with Crippen LogP contribution in [0, 0.1) is 0 Å². The zero-order valence-electron chi connectivity index (χ0n) is 10.2. The fourth-order valence-electron chi connectivity index (χ4n) is 1.69. The van der Waals surface area contributed by atoms with E-state index in [4.69, 9.17) is 0 Å². The minimum absolute atomic E-state index is 0.0105. The van der Waals surface area contributed by atoms with Gasteiger partial charge in [-0.05, 0) is 13.3 Å². The molecule has 1 amide bonds. The lowest BCUT2D eigenvalue weighted by Gasteiger charge is -2.33. The predicted octanol–water partition coefficient (Wildman–Crippen LogP) is 1.53. The topological polar surface area (TPSA) is 58.1 Å². The van der Waals surface area contributed by atoms with Gasteiger partial charge in [0.2, 0.25) is 5.91 Å². The van der Waals surface area contributed by atoms with Crippen LogP contribution in [-0.2, 0) is 11.0 Å². The number of nitrogens with one attached hydrogen (secondary N) is 1. The second-order valence-corrected chi connectivity index (χ2v) is 4.33. The summed E-state index contributed by atoms with van der Waals surface area (Å²) in [6, 6.07) is 0.177. The van der Waals surface area contributed by atoms with Crippen LogP contribution in [0.15, 0.2) is 12.4 Å². The van der Waals surface area contributed by atoms with E-state index in [1.165, 1.54) is 0 Å². The third-order valence-electron chi connectivity index (χ3n) is 2.86. The Morgan fingerprint density at radius 3 is 2.63 bits per heavy atom. The molecule has 0 bridgehead atoms. The van der Waals surface area contributed by atoms with Crippen molar-refractivity contribution < 1.29 is 18.0 Å². The number of nitrogens with zero attached hydrogens (tertiary/aromatic N) is 3. The molecule has 0 aromatic carbocycles. The van der Waals surface area contributed by atoms with E-state index in [1.807, 2.05) is 0 Å². The lowest BCUT2D eigenvalue weighted by molar-refractivity contribution is -0.141. The number of halogens is 3.